The molecular weight excluding hydrogens is 289 g/mol. The molecule has 1 saturated carbocycles. The van der Waals surface area contributed by atoms with E-state index < -0.39 is 11.9 Å². The Bertz CT molecular complexity index is 470. The van der Waals surface area contributed by atoms with Crippen LogP contribution in [0, 0.1) is 5.92 Å². The molecule has 1 heterocycles. The van der Waals surface area contributed by atoms with Gasteiger partial charge < -0.3 is 10.4 Å². The number of aliphatic carboxylic acids is 1. The van der Waals surface area contributed by atoms with Gasteiger partial charge >= 0.3 is 5.97 Å². The Morgan fingerprint density at radius 3 is 2.74 bits per heavy atom. The molecule has 2 unspecified atom stereocenters. The number of nitrogens with one attached hydrogen (secondary N) is 1. The van der Waals surface area contributed by atoms with Crippen LogP contribution < -0.4 is 5.32 Å². The minimum absolute atomic E-state index is 0.155. The van der Waals surface area contributed by atoms with Crippen LogP contribution in [-0.2, 0) is 4.79 Å². The first-order valence-electron chi connectivity index (χ1n) is 6.26. The third kappa shape index (κ3) is 3.70. The van der Waals surface area contributed by atoms with Gasteiger partial charge in [0.05, 0.1) is 11.6 Å². The summed E-state index contributed by atoms with van der Waals surface area (Å²) in [5.41, 5.74) is 0.541. The minimum Gasteiger partial charge on any atom is -0.481 e. The second-order valence-corrected chi connectivity index (χ2v) is 5.45. The fourth-order valence-electron chi connectivity index (χ4n) is 2.43. The molecule has 7 heteroatoms. The molecule has 2 N–H and O–H groups in total. The number of carboxylic acids is 1. The molecule has 0 amide bonds. The SMILES string of the molecule is O=C(O)C1CCCCCC1Nc1cc(Cl)nnc1Cl. The first kappa shape index (κ1) is 14.3. The molecule has 0 bridgehead atoms. The second-order valence-electron chi connectivity index (χ2n) is 4.71. The first-order valence-corrected chi connectivity index (χ1v) is 7.01. The third-order valence-electron chi connectivity index (χ3n) is 3.39. The van der Waals surface area contributed by atoms with Crippen molar-refractivity contribution in [1.82, 2.24) is 10.2 Å². The average molecular weight is 304 g/mol. The van der Waals surface area contributed by atoms with Gasteiger partial charge in [0.2, 0.25) is 0 Å². The van der Waals surface area contributed by atoms with E-state index in [0.717, 1.165) is 25.7 Å². The van der Waals surface area contributed by atoms with Crippen molar-refractivity contribution < 1.29 is 9.90 Å². The average Bonchev–Trinajstić information content (AvgIpc) is 2.59. The Balaban J connectivity index is 2.18. The fraction of sp³-hybridized carbons (Fsp3) is 0.583. The third-order valence-corrected chi connectivity index (χ3v) is 3.86. The predicted molar refractivity (Wildman–Crippen MR) is 73.7 cm³/mol. The van der Waals surface area contributed by atoms with Crippen molar-refractivity contribution in [3.05, 3.63) is 16.4 Å². The zero-order valence-corrected chi connectivity index (χ0v) is 11.8. The second kappa shape index (κ2) is 6.39. The van der Waals surface area contributed by atoms with Gasteiger partial charge in [-0.1, -0.05) is 42.5 Å². The lowest BCUT2D eigenvalue weighted by Crippen LogP contribution is -2.33. The largest absolute Gasteiger partial charge is 0.481 e. The van der Waals surface area contributed by atoms with Crippen molar-refractivity contribution >= 4 is 34.9 Å². The number of hydrogen-bond acceptors (Lipinski definition) is 4. The van der Waals surface area contributed by atoms with Gasteiger partial charge in [-0.15, -0.1) is 10.2 Å². The lowest BCUT2D eigenvalue weighted by Gasteiger charge is -2.24. The van der Waals surface area contributed by atoms with Crippen LogP contribution in [0.25, 0.3) is 0 Å². The molecule has 0 saturated heterocycles. The number of hydrogen-bond donors (Lipinski definition) is 2. The van der Waals surface area contributed by atoms with Crippen LogP contribution in [0.5, 0.6) is 0 Å². The van der Waals surface area contributed by atoms with Crippen LogP contribution in [-0.4, -0.2) is 27.3 Å². The molecule has 1 aromatic heterocycles. The van der Waals surface area contributed by atoms with E-state index in [2.05, 4.69) is 15.5 Å². The van der Waals surface area contributed by atoms with Crippen LogP contribution >= 0.6 is 23.2 Å². The van der Waals surface area contributed by atoms with Crippen LogP contribution in [0.4, 0.5) is 5.69 Å². The van der Waals surface area contributed by atoms with Gasteiger partial charge in [0.25, 0.3) is 0 Å². The Kier molecular flexibility index (Phi) is 4.82. The lowest BCUT2D eigenvalue weighted by molar-refractivity contribution is -0.142. The highest BCUT2D eigenvalue weighted by Gasteiger charge is 2.29. The summed E-state index contributed by atoms with van der Waals surface area (Å²) in [6.45, 7) is 0. The number of anilines is 1. The standard InChI is InChI=1S/C12H15Cl2N3O2/c13-10-6-9(11(14)17-16-10)15-8-5-3-1-2-4-7(8)12(18)19/h6-8H,1-5H2,(H,15,16)(H,18,19). The van der Waals surface area contributed by atoms with Crippen molar-refractivity contribution in [2.24, 2.45) is 5.92 Å². The van der Waals surface area contributed by atoms with Gasteiger partial charge in [0.15, 0.2) is 10.3 Å². The maximum Gasteiger partial charge on any atom is 0.308 e. The molecule has 104 valence electrons. The number of carboxylic acid groups (broad SMARTS) is 1. The Hall–Kier alpha value is -1.07. The highest BCUT2D eigenvalue weighted by atomic mass is 35.5. The van der Waals surface area contributed by atoms with Gasteiger partial charge in [0.1, 0.15) is 0 Å². The van der Waals surface area contributed by atoms with E-state index in [4.69, 9.17) is 23.2 Å². The molecular formula is C12H15Cl2N3O2. The molecule has 1 aromatic rings. The maximum atomic E-state index is 11.3. The van der Waals surface area contributed by atoms with Gasteiger partial charge in [0, 0.05) is 12.1 Å². The molecule has 0 radical (unpaired) electrons. The quantitative estimate of drug-likeness (QED) is 0.839. The molecule has 2 rings (SSSR count). The monoisotopic (exact) mass is 303 g/mol. The van der Waals surface area contributed by atoms with Crippen LogP contribution in [0.2, 0.25) is 10.3 Å². The summed E-state index contributed by atoms with van der Waals surface area (Å²) in [6.07, 6.45) is 4.48. The fourth-order valence-corrected chi connectivity index (χ4v) is 2.72. The van der Waals surface area contributed by atoms with E-state index in [1.165, 1.54) is 0 Å². The molecule has 1 aliphatic carbocycles. The van der Waals surface area contributed by atoms with Crippen molar-refractivity contribution in [2.75, 3.05) is 5.32 Å². The van der Waals surface area contributed by atoms with E-state index >= 15 is 0 Å². The normalized spacial score (nSPS) is 23.7. The van der Waals surface area contributed by atoms with Crippen LogP contribution in [0.15, 0.2) is 6.07 Å². The molecule has 19 heavy (non-hydrogen) atoms. The van der Waals surface area contributed by atoms with Crippen molar-refractivity contribution in [1.29, 1.82) is 0 Å². The zero-order valence-electron chi connectivity index (χ0n) is 10.3. The van der Waals surface area contributed by atoms with E-state index in [0.29, 0.717) is 12.1 Å². The number of halogens is 2. The molecule has 0 spiro atoms. The summed E-state index contributed by atoms with van der Waals surface area (Å²) in [5.74, 6) is -1.19. The first-order chi connectivity index (χ1) is 9.08. The summed E-state index contributed by atoms with van der Waals surface area (Å²) < 4.78 is 0. The molecule has 1 aliphatic rings. The molecule has 0 aromatic carbocycles. The number of rotatable bonds is 3. The van der Waals surface area contributed by atoms with E-state index in [-0.39, 0.29) is 16.3 Å². The molecule has 2 atom stereocenters. The summed E-state index contributed by atoms with van der Waals surface area (Å²) in [6, 6.07) is 1.42. The highest BCUT2D eigenvalue weighted by molar-refractivity contribution is 6.33. The maximum absolute atomic E-state index is 11.3. The summed E-state index contributed by atoms with van der Waals surface area (Å²) in [4.78, 5) is 11.3. The van der Waals surface area contributed by atoms with Crippen LogP contribution in [0.1, 0.15) is 32.1 Å². The summed E-state index contributed by atoms with van der Waals surface area (Å²) in [5, 5.41) is 20.2. The zero-order chi connectivity index (χ0) is 13.8. The van der Waals surface area contributed by atoms with Gasteiger partial charge in [-0.05, 0) is 12.8 Å². The molecule has 0 aliphatic heterocycles. The minimum atomic E-state index is -0.774. The van der Waals surface area contributed by atoms with E-state index in [1.807, 2.05) is 0 Å². The van der Waals surface area contributed by atoms with E-state index in [9.17, 15) is 9.90 Å². The van der Waals surface area contributed by atoms with Crippen molar-refractivity contribution in [3.63, 3.8) is 0 Å². The number of carbonyl (C=O) groups is 1. The predicted octanol–water partition coefficient (Wildman–Crippen LogP) is 3.23. The van der Waals surface area contributed by atoms with Gasteiger partial charge in [-0.3, -0.25) is 4.79 Å². The van der Waals surface area contributed by atoms with E-state index in [1.54, 1.807) is 6.07 Å². The van der Waals surface area contributed by atoms with Crippen LogP contribution in [0.3, 0.4) is 0 Å². The molecule has 1 fully saturated rings. The van der Waals surface area contributed by atoms with Crippen molar-refractivity contribution in [3.8, 4) is 0 Å². The van der Waals surface area contributed by atoms with Gasteiger partial charge in [-0.25, -0.2) is 0 Å². The summed E-state index contributed by atoms with van der Waals surface area (Å²) in [7, 11) is 0. The van der Waals surface area contributed by atoms with Crippen molar-refractivity contribution in [2.45, 2.75) is 38.1 Å². The Morgan fingerprint density at radius 1 is 1.26 bits per heavy atom. The van der Waals surface area contributed by atoms with Gasteiger partial charge in [-0.2, -0.15) is 0 Å². The Morgan fingerprint density at radius 2 is 2.00 bits per heavy atom. The molecule has 5 nitrogen and oxygen atoms in total. The highest BCUT2D eigenvalue weighted by Crippen LogP contribution is 2.29. The lowest BCUT2D eigenvalue weighted by atomic mass is 9.95. The smallest absolute Gasteiger partial charge is 0.308 e. The topological polar surface area (TPSA) is 75.1 Å². The number of aromatic nitrogens is 2. The summed E-state index contributed by atoms with van der Waals surface area (Å²) >= 11 is 11.7. The Labute approximate surface area is 121 Å². The number of nitrogens with zero attached hydrogens (tertiary/aromatic N) is 2.